The lowest BCUT2D eigenvalue weighted by Gasteiger charge is -2.19. The van der Waals surface area contributed by atoms with Crippen molar-refractivity contribution in [1.29, 1.82) is 0 Å². The first kappa shape index (κ1) is 50.5. The highest BCUT2D eigenvalue weighted by Gasteiger charge is 2.43. The second-order valence-corrected chi connectivity index (χ2v) is 19.7. The smallest absolute Gasteiger partial charge is 0.490 e. The molecule has 1 saturated heterocycles. The number of carbonyl (C=O) groups is 3. The van der Waals surface area contributed by atoms with Crippen molar-refractivity contribution < 1.29 is 85.3 Å². The molecule has 28 heteroatoms. The van der Waals surface area contributed by atoms with Gasteiger partial charge in [0.2, 0.25) is 5.91 Å². The van der Waals surface area contributed by atoms with Crippen LogP contribution in [0, 0.1) is 11.8 Å². The second kappa shape index (κ2) is 20.7. The van der Waals surface area contributed by atoms with Gasteiger partial charge >= 0.3 is 29.4 Å². The molecule has 1 aliphatic carbocycles. The number of carboxylic acids is 1. The molecule has 11 N–H and O–H groups in total. The maximum absolute atomic E-state index is 13.1. The molecule has 69 heavy (non-hydrogen) atoms. The number of rotatable bonds is 18. The van der Waals surface area contributed by atoms with Crippen molar-refractivity contribution in [2.24, 2.45) is 0 Å². The number of phosphoric acid groups is 3. The summed E-state index contributed by atoms with van der Waals surface area (Å²) in [6.07, 6.45) is 0.586. The van der Waals surface area contributed by atoms with Gasteiger partial charge < -0.3 is 65.0 Å². The van der Waals surface area contributed by atoms with Gasteiger partial charge in [0.25, 0.3) is 5.91 Å². The van der Waals surface area contributed by atoms with E-state index in [9.17, 15) is 58.0 Å². The number of hydrogen-bond acceptors (Lipinski definition) is 17. The standard InChI is InChI=1S/C41H41N6O19P3/c42-38-36-23(19-47(39(36)46-21-45-38)35-18-30(50)33(64-35)20-62-68(58,59)66-69(60,61)65-67(55,56)57)5-4-14-43-34(51)6-2-1-3-13-44-40(52)22-7-10-26(29(15-22)41(53)54)37-27-11-8-24(48)16-31(27)63-32-17-25(49)9-12-28(32)37/h7-12,15-17,19,21,30,33,35,48,50H,1-3,6,13-14,18,20H2,(H,43,51)(H,44,52)(H,53,54)(H,58,59)(H,60,61)(H2,42,45,46)(H2,55,56,57). The van der Waals surface area contributed by atoms with Gasteiger partial charge in [-0.3, -0.25) is 18.9 Å². The lowest BCUT2D eigenvalue weighted by atomic mass is 9.90. The zero-order chi connectivity index (χ0) is 49.8. The fourth-order valence-corrected chi connectivity index (χ4v) is 10.5. The minimum absolute atomic E-state index is 0.0427. The van der Waals surface area contributed by atoms with Gasteiger partial charge in [0, 0.05) is 59.8 Å². The molecule has 25 nitrogen and oxygen atoms in total. The maximum atomic E-state index is 13.1. The number of fused-ring (bicyclic) bond motifs is 3. The first-order valence-electron chi connectivity index (χ1n) is 20.4. The van der Waals surface area contributed by atoms with Crippen molar-refractivity contribution in [1.82, 2.24) is 25.2 Å². The third kappa shape index (κ3) is 12.5. The highest BCUT2D eigenvalue weighted by Crippen LogP contribution is 2.66. The van der Waals surface area contributed by atoms with E-state index in [1.807, 2.05) is 0 Å². The number of amides is 2. The molecule has 2 aromatic carbocycles. The molecule has 0 spiro atoms. The zero-order valence-corrected chi connectivity index (χ0v) is 38.2. The number of anilines is 1. The van der Waals surface area contributed by atoms with E-state index in [1.54, 1.807) is 6.07 Å². The molecule has 0 saturated carbocycles. The number of aromatic carboxylic acids is 1. The van der Waals surface area contributed by atoms with Crippen molar-refractivity contribution in [2.75, 3.05) is 25.4 Å². The molecule has 5 unspecified atom stereocenters. The third-order valence-electron chi connectivity index (χ3n) is 10.4. The number of phosphoric ester groups is 1. The van der Waals surface area contributed by atoms with Crippen LogP contribution in [-0.4, -0.2) is 99.1 Å². The van der Waals surface area contributed by atoms with E-state index < -0.39 is 60.4 Å². The minimum atomic E-state index is -5.76. The van der Waals surface area contributed by atoms with Crippen LogP contribution >= 0.6 is 23.5 Å². The van der Waals surface area contributed by atoms with E-state index in [4.69, 9.17) is 24.7 Å². The number of aliphatic hydroxyl groups is 1. The van der Waals surface area contributed by atoms with Crippen LogP contribution < -0.4 is 21.8 Å². The molecule has 7 rings (SSSR count). The van der Waals surface area contributed by atoms with E-state index >= 15 is 0 Å². The predicted molar refractivity (Wildman–Crippen MR) is 240 cm³/mol. The van der Waals surface area contributed by atoms with Gasteiger partial charge in [-0.05, 0) is 54.8 Å². The predicted octanol–water partition coefficient (Wildman–Crippen LogP) is 3.75. The first-order chi connectivity index (χ1) is 32.6. The number of aliphatic hydroxyl groups excluding tert-OH is 1. The number of benzene rings is 3. The average molecular weight is 1010 g/mol. The molecular weight excluding hydrogens is 973 g/mol. The summed E-state index contributed by atoms with van der Waals surface area (Å²) in [5.74, 6) is 3.74. The molecule has 2 aliphatic heterocycles. The lowest BCUT2D eigenvalue weighted by Crippen LogP contribution is -2.26. The van der Waals surface area contributed by atoms with Gasteiger partial charge in [-0.15, -0.1) is 0 Å². The number of phenols is 1. The third-order valence-corrected chi connectivity index (χ3v) is 14.2. The van der Waals surface area contributed by atoms with Crippen LogP contribution in [0.2, 0.25) is 0 Å². The summed E-state index contributed by atoms with van der Waals surface area (Å²) in [5, 5.41) is 37.2. The van der Waals surface area contributed by atoms with Gasteiger partial charge in [0.05, 0.1) is 35.8 Å². The second-order valence-electron chi connectivity index (χ2n) is 15.3. The fourth-order valence-electron chi connectivity index (χ4n) is 7.42. The summed E-state index contributed by atoms with van der Waals surface area (Å²) < 4.78 is 59.8. The van der Waals surface area contributed by atoms with Crippen LogP contribution in [0.3, 0.4) is 0 Å². The van der Waals surface area contributed by atoms with E-state index in [2.05, 4.69) is 45.6 Å². The summed E-state index contributed by atoms with van der Waals surface area (Å²) in [6.45, 7) is -0.718. The molecule has 3 aliphatic rings. The number of aromatic hydroxyl groups is 1. The summed E-state index contributed by atoms with van der Waals surface area (Å²) in [5.41, 5.74) is 7.65. The number of hydrogen-bond donors (Lipinski definition) is 10. The SMILES string of the molecule is Nc1ncnc2c1c(C#CCNC(=O)CCCCCNC(=O)c1ccc(-c3c4ccc(=O)cc-4oc4cc(O)ccc34)c(C(=O)O)c1)cn2C1CC(O)C(COP(=O)(O)OP(=O)(O)OP(=O)(O)O)O1. The number of nitrogen functional groups attached to an aromatic ring is 1. The Morgan fingerprint density at radius 3 is 2.45 bits per heavy atom. The number of aromatic nitrogens is 3. The van der Waals surface area contributed by atoms with Gasteiger partial charge in [0.15, 0.2) is 5.43 Å². The monoisotopic (exact) mass is 1010 g/mol. The van der Waals surface area contributed by atoms with Crippen molar-refractivity contribution >= 4 is 69.1 Å². The molecule has 0 bridgehead atoms. The van der Waals surface area contributed by atoms with Gasteiger partial charge in [-0.1, -0.05) is 24.3 Å². The number of carboxylic acid groups (broad SMARTS) is 1. The number of carbonyl (C=O) groups excluding carboxylic acids is 2. The van der Waals surface area contributed by atoms with Crippen molar-refractivity contribution in [2.45, 2.75) is 50.5 Å². The van der Waals surface area contributed by atoms with E-state index in [-0.39, 0.29) is 82.5 Å². The topological polar surface area (TPSA) is 392 Å². The summed E-state index contributed by atoms with van der Waals surface area (Å²) in [6, 6.07) is 12.7. The van der Waals surface area contributed by atoms with Crippen LogP contribution in [0.1, 0.15) is 64.6 Å². The average Bonchev–Trinajstić information content (AvgIpc) is 3.83. The van der Waals surface area contributed by atoms with Crippen molar-refractivity contribution in [3.8, 4) is 40.0 Å². The highest BCUT2D eigenvalue weighted by molar-refractivity contribution is 7.66. The molecule has 1 fully saturated rings. The Kier molecular flexibility index (Phi) is 15.2. The van der Waals surface area contributed by atoms with Gasteiger partial charge in [0.1, 0.15) is 47.2 Å². The number of nitrogens with two attached hydrogens (primary N) is 1. The highest BCUT2D eigenvalue weighted by atomic mass is 31.3. The molecule has 0 radical (unpaired) electrons. The molecule has 2 aromatic heterocycles. The van der Waals surface area contributed by atoms with Crippen LogP contribution in [0.5, 0.6) is 5.75 Å². The van der Waals surface area contributed by atoms with Gasteiger partial charge in [-0.25, -0.2) is 28.5 Å². The van der Waals surface area contributed by atoms with Gasteiger partial charge in [-0.2, -0.15) is 8.62 Å². The molecular formula is C41H41N6O19P3. The van der Waals surface area contributed by atoms with E-state index in [0.29, 0.717) is 46.7 Å². The Morgan fingerprint density at radius 1 is 0.928 bits per heavy atom. The quantitative estimate of drug-likeness (QED) is 0.0254. The molecule has 4 aromatic rings. The summed E-state index contributed by atoms with van der Waals surface area (Å²) in [7, 11) is -16.9. The van der Waals surface area contributed by atoms with E-state index in [0.717, 1.165) is 0 Å². The number of ether oxygens (including phenoxy) is 1. The fraction of sp³-hybridized carbons (Fsp3) is 0.268. The number of nitrogens with zero attached hydrogens (tertiary/aromatic N) is 3. The minimum Gasteiger partial charge on any atom is -0.508 e. The summed E-state index contributed by atoms with van der Waals surface area (Å²) in [4.78, 5) is 95.2. The Balaban J connectivity index is 0.887. The Labute approximate surface area is 388 Å². The van der Waals surface area contributed by atoms with Crippen LogP contribution in [0.4, 0.5) is 5.82 Å². The molecule has 2 amide bonds. The molecule has 5 atom stereocenters. The van der Waals surface area contributed by atoms with Crippen molar-refractivity contribution in [3.05, 3.63) is 94.0 Å². The number of unbranched alkanes of at least 4 members (excludes halogenated alkanes) is 2. The molecule has 364 valence electrons. The Morgan fingerprint density at radius 2 is 1.70 bits per heavy atom. The first-order valence-corrected chi connectivity index (χ1v) is 24.9. The normalized spacial score (nSPS) is 17.8. The number of nitrogens with one attached hydrogen (secondary N) is 2. The molecule has 4 heterocycles. The van der Waals surface area contributed by atoms with Crippen molar-refractivity contribution in [3.63, 3.8) is 0 Å². The van der Waals surface area contributed by atoms with Crippen LogP contribution in [-0.2, 0) is 36.4 Å². The zero-order valence-electron chi connectivity index (χ0n) is 35.5. The van der Waals surface area contributed by atoms with Crippen LogP contribution in [0.25, 0.3) is 44.5 Å². The number of phenolic OH excluding ortho intramolecular Hbond substituents is 1. The Bertz CT molecular complexity index is 3220. The largest absolute Gasteiger partial charge is 0.508 e. The summed E-state index contributed by atoms with van der Waals surface area (Å²) >= 11 is 0. The van der Waals surface area contributed by atoms with Crippen LogP contribution in [0.15, 0.2) is 76.3 Å². The lowest BCUT2D eigenvalue weighted by molar-refractivity contribution is -0.121. The van der Waals surface area contributed by atoms with E-state index in [1.165, 1.54) is 65.6 Å². The Hall–Kier alpha value is -6.35. The maximum Gasteiger partial charge on any atom is 0.490 e.